The summed E-state index contributed by atoms with van der Waals surface area (Å²) in [4.78, 5) is 4.36. The number of aromatic nitrogens is 2. The van der Waals surface area contributed by atoms with Crippen LogP contribution in [0.4, 0.5) is 0 Å². The first kappa shape index (κ1) is 14.4. The number of rotatable bonds is 2. The van der Waals surface area contributed by atoms with E-state index in [2.05, 4.69) is 44.8 Å². The summed E-state index contributed by atoms with van der Waals surface area (Å²) >= 11 is 0. The molecule has 0 spiro atoms. The van der Waals surface area contributed by atoms with E-state index >= 15 is 0 Å². The predicted molar refractivity (Wildman–Crippen MR) is 84.4 cm³/mol. The van der Waals surface area contributed by atoms with Gasteiger partial charge in [0.2, 0.25) is 0 Å². The molecule has 0 aliphatic carbocycles. The Hall–Kier alpha value is -1.59. The molecule has 0 amide bonds. The Labute approximate surface area is 126 Å². The van der Waals surface area contributed by atoms with E-state index in [1.54, 1.807) is 6.20 Å². The molecule has 1 fully saturated rings. The first-order valence-corrected chi connectivity index (χ1v) is 7.23. The van der Waals surface area contributed by atoms with Gasteiger partial charge in [-0.2, -0.15) is 0 Å². The summed E-state index contributed by atoms with van der Waals surface area (Å²) in [6.07, 6.45) is 3.74. The number of benzene rings is 1. The van der Waals surface area contributed by atoms with E-state index in [0.717, 1.165) is 16.9 Å². The molecule has 1 aliphatic heterocycles. The van der Waals surface area contributed by atoms with Crippen LogP contribution in [-0.4, -0.2) is 27.9 Å². The minimum absolute atomic E-state index is 0.310. The Balaban J connectivity index is 1.85. The lowest BCUT2D eigenvalue weighted by molar-refractivity contribution is 0.00578. The number of hydrogen-bond acceptors (Lipinski definition) is 3. The van der Waals surface area contributed by atoms with E-state index in [-0.39, 0.29) is 18.3 Å². The van der Waals surface area contributed by atoms with Crippen molar-refractivity contribution in [1.29, 1.82) is 0 Å². The molecule has 3 rings (SSSR count). The summed E-state index contributed by atoms with van der Waals surface area (Å²) in [6.45, 7) is 8.26. The van der Waals surface area contributed by atoms with Crippen LogP contribution in [0, 0.1) is 0 Å². The summed E-state index contributed by atoms with van der Waals surface area (Å²) < 4.78 is 14.1. The Morgan fingerprint density at radius 2 is 1.57 bits per heavy atom. The lowest BCUT2D eigenvalue weighted by atomic mass is 9.79. The molecule has 0 saturated carbocycles. The van der Waals surface area contributed by atoms with Crippen LogP contribution in [0.1, 0.15) is 27.7 Å². The Bertz CT molecular complexity index is 631. The van der Waals surface area contributed by atoms with Gasteiger partial charge < -0.3 is 13.9 Å². The topological polar surface area (TPSA) is 36.3 Å². The van der Waals surface area contributed by atoms with Crippen LogP contribution < -0.4 is 5.46 Å². The van der Waals surface area contributed by atoms with E-state index < -0.39 is 0 Å². The van der Waals surface area contributed by atoms with Crippen LogP contribution in [0.5, 0.6) is 0 Å². The summed E-state index contributed by atoms with van der Waals surface area (Å²) in [5.74, 6) is 0.954. The molecule has 110 valence electrons. The van der Waals surface area contributed by atoms with Gasteiger partial charge in [0.05, 0.1) is 11.2 Å². The molecule has 21 heavy (non-hydrogen) atoms. The SMILES string of the molecule is Cn1ccnc1-c1ccc(B2OC(C)(C)C(C)(C)O2)cc1. The van der Waals surface area contributed by atoms with Crippen LogP contribution in [0.3, 0.4) is 0 Å². The van der Waals surface area contributed by atoms with Gasteiger partial charge in [0.25, 0.3) is 0 Å². The van der Waals surface area contributed by atoms with Gasteiger partial charge in [0, 0.05) is 25.0 Å². The van der Waals surface area contributed by atoms with Gasteiger partial charge >= 0.3 is 7.12 Å². The van der Waals surface area contributed by atoms with Gasteiger partial charge in [0.1, 0.15) is 5.82 Å². The number of hydrogen-bond donors (Lipinski definition) is 0. The fourth-order valence-corrected chi connectivity index (χ4v) is 2.41. The smallest absolute Gasteiger partial charge is 0.399 e. The molecule has 1 aliphatic rings. The van der Waals surface area contributed by atoms with Crippen LogP contribution in [0.25, 0.3) is 11.4 Å². The molecular formula is C16H21BN2O2. The average Bonchev–Trinajstić information content (AvgIpc) is 2.92. The van der Waals surface area contributed by atoms with E-state index in [1.165, 1.54) is 0 Å². The highest BCUT2D eigenvalue weighted by Crippen LogP contribution is 2.36. The maximum Gasteiger partial charge on any atom is 0.494 e. The van der Waals surface area contributed by atoms with Crippen molar-refractivity contribution in [3.05, 3.63) is 36.7 Å². The number of aryl methyl sites for hydroxylation is 1. The summed E-state index contributed by atoms with van der Waals surface area (Å²) in [7, 11) is 1.68. The maximum absolute atomic E-state index is 6.06. The summed E-state index contributed by atoms with van der Waals surface area (Å²) in [5.41, 5.74) is 1.50. The quantitative estimate of drug-likeness (QED) is 0.794. The van der Waals surface area contributed by atoms with E-state index in [0.29, 0.717) is 0 Å². The highest BCUT2D eigenvalue weighted by atomic mass is 16.7. The molecule has 2 heterocycles. The van der Waals surface area contributed by atoms with Crippen molar-refractivity contribution in [2.24, 2.45) is 7.05 Å². The molecule has 0 bridgehead atoms. The molecule has 1 saturated heterocycles. The van der Waals surface area contributed by atoms with Gasteiger partial charge in [-0.1, -0.05) is 24.3 Å². The van der Waals surface area contributed by atoms with E-state index in [1.807, 2.05) is 29.9 Å². The third-order valence-electron chi connectivity index (χ3n) is 4.52. The number of imidazole rings is 1. The fourth-order valence-electron chi connectivity index (χ4n) is 2.41. The van der Waals surface area contributed by atoms with Crippen molar-refractivity contribution in [3.8, 4) is 11.4 Å². The van der Waals surface area contributed by atoms with Crippen LogP contribution in [0.15, 0.2) is 36.7 Å². The molecule has 1 aromatic carbocycles. The molecular weight excluding hydrogens is 263 g/mol. The monoisotopic (exact) mass is 284 g/mol. The third kappa shape index (κ3) is 2.41. The van der Waals surface area contributed by atoms with E-state index in [9.17, 15) is 0 Å². The number of nitrogens with zero attached hydrogens (tertiary/aromatic N) is 2. The first-order valence-electron chi connectivity index (χ1n) is 7.23. The Morgan fingerprint density at radius 3 is 2.05 bits per heavy atom. The zero-order valence-electron chi connectivity index (χ0n) is 13.3. The minimum Gasteiger partial charge on any atom is -0.399 e. The van der Waals surface area contributed by atoms with Gasteiger partial charge in [-0.15, -0.1) is 0 Å². The molecule has 5 heteroatoms. The molecule has 0 radical (unpaired) electrons. The third-order valence-corrected chi connectivity index (χ3v) is 4.52. The van der Waals surface area contributed by atoms with Crippen molar-refractivity contribution < 1.29 is 9.31 Å². The Morgan fingerprint density at radius 1 is 1.00 bits per heavy atom. The second-order valence-electron chi connectivity index (χ2n) is 6.57. The van der Waals surface area contributed by atoms with Gasteiger partial charge in [-0.3, -0.25) is 0 Å². The zero-order chi connectivity index (χ0) is 15.3. The van der Waals surface area contributed by atoms with Crippen molar-refractivity contribution in [1.82, 2.24) is 9.55 Å². The van der Waals surface area contributed by atoms with Gasteiger partial charge in [-0.05, 0) is 33.2 Å². The second kappa shape index (κ2) is 4.72. The lowest BCUT2D eigenvalue weighted by Gasteiger charge is -2.32. The van der Waals surface area contributed by atoms with Crippen LogP contribution in [0.2, 0.25) is 0 Å². The van der Waals surface area contributed by atoms with Crippen molar-refractivity contribution in [2.75, 3.05) is 0 Å². The largest absolute Gasteiger partial charge is 0.494 e. The minimum atomic E-state index is -0.314. The van der Waals surface area contributed by atoms with Gasteiger partial charge in [-0.25, -0.2) is 4.98 Å². The predicted octanol–water partition coefficient (Wildman–Crippen LogP) is 2.39. The van der Waals surface area contributed by atoms with Crippen molar-refractivity contribution in [2.45, 2.75) is 38.9 Å². The highest BCUT2D eigenvalue weighted by molar-refractivity contribution is 6.62. The van der Waals surface area contributed by atoms with E-state index in [4.69, 9.17) is 9.31 Å². The molecule has 4 nitrogen and oxygen atoms in total. The molecule has 0 atom stereocenters. The van der Waals surface area contributed by atoms with Crippen LogP contribution >= 0.6 is 0 Å². The molecule has 1 aromatic heterocycles. The van der Waals surface area contributed by atoms with Crippen molar-refractivity contribution >= 4 is 12.6 Å². The maximum atomic E-state index is 6.06. The molecule has 2 aromatic rings. The fraction of sp³-hybridized carbons (Fsp3) is 0.438. The van der Waals surface area contributed by atoms with Crippen molar-refractivity contribution in [3.63, 3.8) is 0 Å². The normalized spacial score (nSPS) is 20.0. The molecule has 0 N–H and O–H groups in total. The summed E-state index contributed by atoms with van der Waals surface area (Å²) in [6, 6.07) is 8.21. The second-order valence-corrected chi connectivity index (χ2v) is 6.57. The van der Waals surface area contributed by atoms with Gasteiger partial charge in [0.15, 0.2) is 0 Å². The Kier molecular flexibility index (Phi) is 3.22. The zero-order valence-corrected chi connectivity index (χ0v) is 13.3. The highest BCUT2D eigenvalue weighted by Gasteiger charge is 2.51. The molecule has 0 unspecified atom stereocenters. The lowest BCUT2D eigenvalue weighted by Crippen LogP contribution is -2.41. The van der Waals surface area contributed by atoms with Crippen LogP contribution in [-0.2, 0) is 16.4 Å². The standard InChI is InChI=1S/C16H21BN2O2/c1-15(2)16(3,4)21-17(20-15)13-8-6-12(7-9-13)14-18-10-11-19(14)5/h6-11H,1-5H3. The average molecular weight is 284 g/mol. The summed E-state index contributed by atoms with van der Waals surface area (Å²) in [5, 5.41) is 0. The first-order chi connectivity index (χ1) is 9.80.